The van der Waals surface area contributed by atoms with Crippen LogP contribution < -0.4 is 0 Å². The van der Waals surface area contributed by atoms with Crippen molar-refractivity contribution in [3.63, 3.8) is 0 Å². The molecule has 1 saturated carbocycles. The molecule has 1 aliphatic carbocycles. The van der Waals surface area contributed by atoms with E-state index in [2.05, 4.69) is 45.7 Å². The number of likely N-dealkylation sites (tertiary alicyclic amines) is 2. The molecule has 4 fully saturated rings. The average Bonchev–Trinajstić information content (AvgIpc) is 3.13. The molecule has 52 heavy (non-hydrogen) atoms. The third kappa shape index (κ3) is 9.46. The van der Waals surface area contributed by atoms with Crippen molar-refractivity contribution in [1.82, 2.24) is 19.7 Å². The maximum absolute atomic E-state index is 13.9. The average molecular weight is 729 g/mol. The highest BCUT2D eigenvalue weighted by molar-refractivity contribution is 5.99. The lowest BCUT2D eigenvalue weighted by Gasteiger charge is -2.52. The van der Waals surface area contributed by atoms with Gasteiger partial charge in [0.15, 0.2) is 0 Å². The first-order chi connectivity index (χ1) is 24.8. The maximum Gasteiger partial charge on any atom is 0.490 e. The van der Waals surface area contributed by atoms with Gasteiger partial charge in [0.25, 0.3) is 5.91 Å². The fourth-order valence-electron chi connectivity index (χ4n) is 8.85. The minimum Gasteiger partial charge on any atom is -0.475 e. The van der Waals surface area contributed by atoms with E-state index in [1.165, 1.54) is 44.9 Å². The van der Waals surface area contributed by atoms with Crippen molar-refractivity contribution in [2.24, 2.45) is 11.8 Å². The molecule has 0 radical (unpaired) electrons. The van der Waals surface area contributed by atoms with Gasteiger partial charge in [-0.15, -0.1) is 0 Å². The molecule has 1 atom stereocenters. The molecule has 1 aromatic carbocycles. The van der Waals surface area contributed by atoms with Gasteiger partial charge in [0.05, 0.1) is 0 Å². The Balaban J connectivity index is 0.000000679. The van der Waals surface area contributed by atoms with E-state index in [9.17, 15) is 22.8 Å². The number of carbonyl (C=O) groups is 3. The SMILES string of the molecule is CCCCC1CN(CC2CCCCC2)C(=O)OC12CCN(C1CCN(C(=O)c3c(C)ccc(-c4ccncc4)c3C)CC1)CC2.O=C(O)C(F)(F)F. The van der Waals surface area contributed by atoms with Crippen LogP contribution in [0.1, 0.15) is 105 Å². The van der Waals surface area contributed by atoms with Crippen LogP contribution in [-0.2, 0) is 9.53 Å². The molecule has 12 heteroatoms. The Morgan fingerprint density at radius 1 is 0.962 bits per heavy atom. The number of amides is 2. The van der Waals surface area contributed by atoms with Gasteiger partial charge in [0.2, 0.25) is 0 Å². The molecular formula is C40H55F3N4O5. The Hall–Kier alpha value is -3.67. The van der Waals surface area contributed by atoms with E-state index >= 15 is 0 Å². The topological polar surface area (TPSA) is 103 Å². The molecule has 1 spiro atoms. The number of aromatic nitrogens is 1. The monoisotopic (exact) mass is 728 g/mol. The Bertz CT molecular complexity index is 1520. The number of ether oxygens (including phenoxy) is 1. The van der Waals surface area contributed by atoms with Crippen LogP contribution in [0.25, 0.3) is 11.1 Å². The summed E-state index contributed by atoms with van der Waals surface area (Å²) in [5.74, 6) is -1.53. The third-order valence-corrected chi connectivity index (χ3v) is 11.9. The van der Waals surface area contributed by atoms with E-state index in [-0.39, 0.29) is 17.6 Å². The number of aryl methyl sites for hydroxylation is 1. The standard InChI is InChI=1S/C38H54N4O3.C2HF3O2/c1-4-5-11-32-27-42(26-30-9-7-6-8-10-30)37(44)45-38(32)18-24-40(25-19-38)33-16-22-41(23-17-33)36(43)35-28(2)12-13-34(29(35)3)31-14-20-39-21-15-31;3-2(4,5)1(6)7/h12-15,20-21,30,32-33H,4-11,16-19,22-27H2,1-3H3;(H,6,7). The highest BCUT2D eigenvalue weighted by Crippen LogP contribution is 2.42. The first-order valence-electron chi connectivity index (χ1n) is 19.1. The zero-order valence-corrected chi connectivity index (χ0v) is 30.9. The van der Waals surface area contributed by atoms with E-state index in [0.717, 1.165) is 99.2 Å². The van der Waals surface area contributed by atoms with Crippen LogP contribution in [0.15, 0.2) is 36.7 Å². The quantitative estimate of drug-likeness (QED) is 0.292. The van der Waals surface area contributed by atoms with Crippen molar-refractivity contribution in [2.45, 2.75) is 116 Å². The summed E-state index contributed by atoms with van der Waals surface area (Å²) in [5.41, 5.74) is 4.81. The van der Waals surface area contributed by atoms with E-state index in [1.54, 1.807) is 12.4 Å². The van der Waals surface area contributed by atoms with Crippen LogP contribution in [0, 0.1) is 25.7 Å². The number of benzene rings is 1. The fourth-order valence-corrected chi connectivity index (χ4v) is 8.85. The number of carboxylic acid groups (broad SMARTS) is 1. The lowest BCUT2D eigenvalue weighted by Crippen LogP contribution is -2.61. The van der Waals surface area contributed by atoms with Gasteiger partial charge in [-0.1, -0.05) is 51.2 Å². The lowest BCUT2D eigenvalue weighted by molar-refractivity contribution is -0.192. The second-order valence-electron chi connectivity index (χ2n) is 15.2. The van der Waals surface area contributed by atoms with Crippen molar-refractivity contribution >= 4 is 18.0 Å². The largest absolute Gasteiger partial charge is 0.490 e. The van der Waals surface area contributed by atoms with Gasteiger partial charge in [-0.3, -0.25) is 14.7 Å². The zero-order valence-electron chi connectivity index (χ0n) is 30.9. The van der Waals surface area contributed by atoms with Crippen LogP contribution in [0.4, 0.5) is 18.0 Å². The summed E-state index contributed by atoms with van der Waals surface area (Å²) in [4.78, 5) is 47.0. The molecule has 6 rings (SSSR count). The summed E-state index contributed by atoms with van der Waals surface area (Å²) in [5, 5.41) is 7.12. The van der Waals surface area contributed by atoms with Crippen molar-refractivity contribution < 1.29 is 37.4 Å². The van der Waals surface area contributed by atoms with Crippen LogP contribution in [0.5, 0.6) is 0 Å². The van der Waals surface area contributed by atoms with Crippen molar-refractivity contribution in [3.8, 4) is 11.1 Å². The summed E-state index contributed by atoms with van der Waals surface area (Å²) in [7, 11) is 0. The summed E-state index contributed by atoms with van der Waals surface area (Å²) in [6.07, 6.45) is 12.3. The van der Waals surface area contributed by atoms with Crippen molar-refractivity contribution in [2.75, 3.05) is 39.3 Å². The fraction of sp³-hybridized carbons (Fsp3) is 0.650. The highest BCUT2D eigenvalue weighted by atomic mass is 19.4. The molecule has 286 valence electrons. The van der Waals surface area contributed by atoms with Gasteiger partial charge < -0.3 is 19.6 Å². The number of piperidine rings is 2. The molecule has 1 unspecified atom stereocenters. The van der Waals surface area contributed by atoms with Crippen LogP contribution >= 0.6 is 0 Å². The predicted octanol–water partition coefficient (Wildman–Crippen LogP) is 8.28. The summed E-state index contributed by atoms with van der Waals surface area (Å²) >= 11 is 0. The van der Waals surface area contributed by atoms with Crippen LogP contribution in [0.3, 0.4) is 0 Å². The summed E-state index contributed by atoms with van der Waals surface area (Å²) in [6.45, 7) is 11.7. The number of pyridine rings is 1. The molecule has 2 amide bonds. The summed E-state index contributed by atoms with van der Waals surface area (Å²) < 4.78 is 38.2. The molecule has 3 aliphatic heterocycles. The van der Waals surface area contributed by atoms with Gasteiger partial charge in [-0.05, 0) is 86.3 Å². The van der Waals surface area contributed by atoms with E-state index in [0.29, 0.717) is 17.9 Å². The number of aliphatic carboxylic acids is 1. The first kappa shape index (κ1) is 39.5. The maximum atomic E-state index is 13.9. The predicted molar refractivity (Wildman–Crippen MR) is 193 cm³/mol. The molecule has 4 aliphatic rings. The number of carbonyl (C=O) groups excluding carboxylic acids is 2. The number of rotatable bonds is 8. The van der Waals surface area contributed by atoms with E-state index < -0.39 is 12.1 Å². The number of carboxylic acids is 1. The van der Waals surface area contributed by atoms with Gasteiger partial charge in [0.1, 0.15) is 5.60 Å². The Morgan fingerprint density at radius 3 is 2.19 bits per heavy atom. The molecule has 2 aromatic rings. The lowest BCUT2D eigenvalue weighted by atomic mass is 9.75. The molecule has 4 heterocycles. The first-order valence-corrected chi connectivity index (χ1v) is 19.1. The van der Waals surface area contributed by atoms with Gasteiger partial charge in [-0.25, -0.2) is 9.59 Å². The second-order valence-corrected chi connectivity index (χ2v) is 15.2. The molecule has 3 saturated heterocycles. The van der Waals surface area contributed by atoms with E-state index in [1.807, 2.05) is 19.1 Å². The van der Waals surface area contributed by atoms with Crippen LogP contribution in [0.2, 0.25) is 0 Å². The van der Waals surface area contributed by atoms with Crippen LogP contribution in [-0.4, -0.2) is 99.8 Å². The highest BCUT2D eigenvalue weighted by Gasteiger charge is 2.50. The number of unbranched alkanes of at least 4 members (excludes halogenated alkanes) is 1. The molecular weight excluding hydrogens is 673 g/mol. The van der Waals surface area contributed by atoms with Gasteiger partial charge >= 0.3 is 18.2 Å². The normalized spacial score (nSPS) is 21.7. The smallest absolute Gasteiger partial charge is 0.475 e. The molecule has 1 aromatic heterocycles. The number of alkyl halides is 3. The summed E-state index contributed by atoms with van der Waals surface area (Å²) in [6, 6.07) is 8.69. The van der Waals surface area contributed by atoms with E-state index in [4.69, 9.17) is 14.6 Å². The number of nitrogens with zero attached hydrogens (tertiary/aromatic N) is 4. The number of hydrogen-bond acceptors (Lipinski definition) is 6. The Labute approximate surface area is 305 Å². The number of hydrogen-bond donors (Lipinski definition) is 1. The van der Waals surface area contributed by atoms with Gasteiger partial charge in [0, 0.05) is 82.0 Å². The zero-order chi connectivity index (χ0) is 37.5. The van der Waals surface area contributed by atoms with Crippen molar-refractivity contribution in [1.29, 1.82) is 0 Å². The Kier molecular flexibility index (Phi) is 13.3. The van der Waals surface area contributed by atoms with Crippen molar-refractivity contribution in [3.05, 3.63) is 53.3 Å². The Morgan fingerprint density at radius 2 is 1.60 bits per heavy atom. The minimum absolute atomic E-state index is 0.0628. The minimum atomic E-state index is -5.08. The molecule has 0 bridgehead atoms. The third-order valence-electron chi connectivity index (χ3n) is 11.9. The number of halogens is 3. The molecule has 1 N–H and O–H groups in total. The second kappa shape index (κ2) is 17.4. The molecule has 9 nitrogen and oxygen atoms in total. The van der Waals surface area contributed by atoms with Gasteiger partial charge in [-0.2, -0.15) is 13.2 Å².